The second kappa shape index (κ2) is 7.67. The van der Waals surface area contributed by atoms with E-state index in [0.29, 0.717) is 5.56 Å². The quantitative estimate of drug-likeness (QED) is 0.761. The zero-order chi connectivity index (χ0) is 19.6. The van der Waals surface area contributed by atoms with Gasteiger partial charge in [-0.05, 0) is 61.2 Å². The number of carboxylic acids is 1. The molecule has 1 aromatic heterocycles. The van der Waals surface area contributed by atoms with E-state index < -0.39 is 5.97 Å². The van der Waals surface area contributed by atoms with E-state index in [0.717, 1.165) is 17.7 Å². The molecule has 3 heteroatoms. The fourth-order valence-corrected chi connectivity index (χ4v) is 3.69. The van der Waals surface area contributed by atoms with Crippen molar-refractivity contribution < 1.29 is 9.90 Å². The van der Waals surface area contributed by atoms with E-state index in [-0.39, 0.29) is 0 Å². The van der Waals surface area contributed by atoms with Crippen molar-refractivity contribution in [2.75, 3.05) is 0 Å². The molecule has 0 fully saturated rings. The lowest BCUT2D eigenvalue weighted by atomic mass is 9.99. The summed E-state index contributed by atoms with van der Waals surface area (Å²) in [6, 6.07) is 15.3. The number of aromatic carboxylic acids is 1. The summed E-state index contributed by atoms with van der Waals surface area (Å²) in [6.45, 7) is 9.27. The van der Waals surface area contributed by atoms with Crippen LogP contribution in [0, 0.1) is 13.8 Å². The molecule has 0 unspecified atom stereocenters. The molecular formula is C24H25NO2. The minimum absolute atomic E-state index is 0.327. The highest BCUT2D eigenvalue weighted by Crippen LogP contribution is 2.24. The van der Waals surface area contributed by atoms with Gasteiger partial charge in [0, 0.05) is 17.6 Å². The first kappa shape index (κ1) is 18.7. The molecule has 0 aliphatic carbocycles. The lowest BCUT2D eigenvalue weighted by Gasteiger charge is -2.10. The summed E-state index contributed by atoms with van der Waals surface area (Å²) in [5.41, 5.74) is 5.77. The zero-order valence-corrected chi connectivity index (χ0v) is 16.3. The highest BCUT2D eigenvalue weighted by Gasteiger charge is 2.11. The molecule has 27 heavy (non-hydrogen) atoms. The van der Waals surface area contributed by atoms with Gasteiger partial charge in [-0.3, -0.25) is 0 Å². The van der Waals surface area contributed by atoms with Gasteiger partial charge in [-0.1, -0.05) is 54.6 Å². The van der Waals surface area contributed by atoms with Gasteiger partial charge in [-0.2, -0.15) is 0 Å². The Morgan fingerprint density at radius 3 is 2.26 bits per heavy atom. The van der Waals surface area contributed by atoms with Crippen LogP contribution in [-0.2, 0) is 6.54 Å². The summed E-state index contributed by atoms with van der Waals surface area (Å²) in [4.78, 5) is 11.5. The highest BCUT2D eigenvalue weighted by atomic mass is 16.4. The van der Waals surface area contributed by atoms with Crippen molar-refractivity contribution in [1.29, 1.82) is 0 Å². The molecular weight excluding hydrogens is 334 g/mol. The summed E-state index contributed by atoms with van der Waals surface area (Å²) in [6.07, 6.45) is 4.33. The van der Waals surface area contributed by atoms with Crippen molar-refractivity contribution in [3.8, 4) is 11.1 Å². The number of aromatic nitrogens is 1. The van der Waals surface area contributed by atoms with Crippen LogP contribution in [0.4, 0.5) is 0 Å². The highest BCUT2D eigenvalue weighted by molar-refractivity contribution is 5.95. The predicted octanol–water partition coefficient (Wildman–Crippen LogP) is 4.12. The predicted molar refractivity (Wildman–Crippen MR) is 111 cm³/mol. The minimum atomic E-state index is -0.903. The monoisotopic (exact) mass is 359 g/mol. The first-order valence-corrected chi connectivity index (χ1v) is 9.18. The molecule has 1 heterocycles. The molecule has 0 aliphatic heterocycles. The minimum Gasteiger partial charge on any atom is -0.478 e. The van der Waals surface area contributed by atoms with Crippen LogP contribution < -0.4 is 10.6 Å². The standard InChI is InChI=1S/C24H25NO2/c1-5-20-16(3)17(4)25(23(20)6-2)15-18-11-13-19(14-12-18)21-9-7-8-10-22(21)24(26)27/h5-14H,15H2,1-4H3,(H,26,27). The van der Waals surface area contributed by atoms with Gasteiger partial charge >= 0.3 is 5.97 Å². The van der Waals surface area contributed by atoms with Crippen LogP contribution in [0.25, 0.3) is 23.3 Å². The number of hydrogen-bond acceptors (Lipinski definition) is 1. The lowest BCUT2D eigenvalue weighted by Crippen LogP contribution is -2.30. The number of carbonyl (C=O) groups is 1. The Balaban J connectivity index is 1.99. The molecule has 138 valence electrons. The molecule has 1 N–H and O–H groups in total. The number of carboxylic acid groups (broad SMARTS) is 1. The molecule has 0 saturated heterocycles. The molecule has 3 nitrogen and oxygen atoms in total. The lowest BCUT2D eigenvalue weighted by molar-refractivity contribution is 0.0697. The molecule has 0 atom stereocenters. The molecule has 2 aromatic carbocycles. The average molecular weight is 359 g/mol. The average Bonchev–Trinajstić information content (AvgIpc) is 2.92. The maximum absolute atomic E-state index is 11.5. The number of rotatable bonds is 4. The molecule has 0 radical (unpaired) electrons. The summed E-state index contributed by atoms with van der Waals surface area (Å²) in [5, 5.41) is 11.9. The third-order valence-electron chi connectivity index (χ3n) is 5.24. The van der Waals surface area contributed by atoms with Crippen LogP contribution in [-0.4, -0.2) is 15.6 Å². The maximum Gasteiger partial charge on any atom is 0.336 e. The van der Waals surface area contributed by atoms with E-state index in [2.05, 4.69) is 56.5 Å². The molecule has 3 aromatic rings. The summed E-state index contributed by atoms with van der Waals surface area (Å²) >= 11 is 0. The Morgan fingerprint density at radius 2 is 1.67 bits per heavy atom. The molecule has 0 aliphatic rings. The zero-order valence-electron chi connectivity index (χ0n) is 16.3. The third-order valence-corrected chi connectivity index (χ3v) is 5.24. The first-order valence-electron chi connectivity index (χ1n) is 9.18. The second-order valence-corrected chi connectivity index (χ2v) is 6.72. The van der Waals surface area contributed by atoms with E-state index in [1.807, 2.05) is 24.3 Å². The Labute approximate surface area is 159 Å². The van der Waals surface area contributed by atoms with E-state index in [4.69, 9.17) is 0 Å². The second-order valence-electron chi connectivity index (χ2n) is 6.72. The van der Waals surface area contributed by atoms with E-state index in [9.17, 15) is 9.90 Å². The smallest absolute Gasteiger partial charge is 0.336 e. The topological polar surface area (TPSA) is 42.2 Å². The summed E-state index contributed by atoms with van der Waals surface area (Å²) < 4.78 is 2.34. The fraction of sp³-hybridized carbons (Fsp3) is 0.208. The van der Waals surface area contributed by atoms with E-state index >= 15 is 0 Å². The van der Waals surface area contributed by atoms with Crippen molar-refractivity contribution in [3.05, 3.63) is 81.5 Å². The van der Waals surface area contributed by atoms with E-state index in [1.165, 1.54) is 27.4 Å². The summed E-state index contributed by atoms with van der Waals surface area (Å²) in [7, 11) is 0. The van der Waals surface area contributed by atoms with Gasteiger partial charge in [-0.25, -0.2) is 4.79 Å². The van der Waals surface area contributed by atoms with Crippen molar-refractivity contribution >= 4 is 18.1 Å². The van der Waals surface area contributed by atoms with Gasteiger partial charge in [0.1, 0.15) is 0 Å². The fourth-order valence-electron chi connectivity index (χ4n) is 3.69. The van der Waals surface area contributed by atoms with Gasteiger partial charge in [0.05, 0.1) is 5.56 Å². The normalized spacial score (nSPS) is 12.6. The Hall–Kier alpha value is -3.07. The number of benzene rings is 2. The van der Waals surface area contributed by atoms with Gasteiger partial charge in [-0.15, -0.1) is 0 Å². The van der Waals surface area contributed by atoms with Crippen LogP contribution >= 0.6 is 0 Å². The molecule has 3 rings (SSSR count). The van der Waals surface area contributed by atoms with Crippen molar-refractivity contribution in [2.45, 2.75) is 34.2 Å². The number of nitrogens with zero attached hydrogens (tertiary/aromatic N) is 1. The van der Waals surface area contributed by atoms with E-state index in [1.54, 1.807) is 12.1 Å². The molecule has 0 spiro atoms. The maximum atomic E-state index is 11.5. The Kier molecular flexibility index (Phi) is 5.31. The van der Waals surface area contributed by atoms with Gasteiger partial charge < -0.3 is 9.67 Å². The van der Waals surface area contributed by atoms with Crippen LogP contribution in [0.3, 0.4) is 0 Å². The molecule has 0 saturated carbocycles. The third kappa shape index (κ3) is 3.45. The summed E-state index contributed by atoms with van der Waals surface area (Å²) in [5.74, 6) is -0.903. The first-order chi connectivity index (χ1) is 13.0. The van der Waals surface area contributed by atoms with Crippen LogP contribution in [0.2, 0.25) is 0 Å². The Morgan fingerprint density at radius 1 is 1.00 bits per heavy atom. The van der Waals surface area contributed by atoms with Crippen molar-refractivity contribution in [3.63, 3.8) is 0 Å². The molecule has 0 amide bonds. The van der Waals surface area contributed by atoms with Crippen LogP contribution in [0.5, 0.6) is 0 Å². The largest absolute Gasteiger partial charge is 0.478 e. The Bertz CT molecular complexity index is 1100. The van der Waals surface area contributed by atoms with Crippen molar-refractivity contribution in [2.24, 2.45) is 0 Å². The van der Waals surface area contributed by atoms with Gasteiger partial charge in [0.25, 0.3) is 0 Å². The number of hydrogen-bond donors (Lipinski definition) is 1. The molecule has 0 bridgehead atoms. The van der Waals surface area contributed by atoms with Gasteiger partial charge in [0.15, 0.2) is 0 Å². The van der Waals surface area contributed by atoms with Crippen molar-refractivity contribution in [1.82, 2.24) is 4.57 Å². The SMILES string of the molecule is CC=c1c(C)c(C)n(Cc2ccc(-c3ccccc3C(=O)O)cc2)c1=CC. The van der Waals surface area contributed by atoms with Gasteiger partial charge in [0.2, 0.25) is 0 Å². The van der Waals surface area contributed by atoms with Crippen LogP contribution in [0.15, 0.2) is 48.5 Å². The van der Waals surface area contributed by atoms with Crippen LogP contribution in [0.1, 0.15) is 41.0 Å².